The van der Waals surface area contributed by atoms with Crippen LogP contribution in [0.5, 0.6) is 0 Å². The maximum Gasteiger partial charge on any atom is 0.330 e. The lowest BCUT2D eigenvalue weighted by Crippen LogP contribution is -2.39. The van der Waals surface area contributed by atoms with Crippen LogP contribution in [-0.2, 0) is 9.59 Å². The minimum absolute atomic E-state index is 0. The highest BCUT2D eigenvalue weighted by Gasteiger charge is 2.20. The molecule has 0 saturated heterocycles. The van der Waals surface area contributed by atoms with Crippen molar-refractivity contribution in [3.05, 3.63) is 71.8 Å². The summed E-state index contributed by atoms with van der Waals surface area (Å²) in [6.45, 7) is 0. The first-order valence-electron chi connectivity index (χ1n) is 7.66. The Kier molecular flexibility index (Phi) is 10.5. The quantitative estimate of drug-likeness (QED) is 0.542. The van der Waals surface area contributed by atoms with Crippen LogP contribution in [0.3, 0.4) is 0 Å². The Morgan fingerprint density at radius 1 is 0.852 bits per heavy atom. The summed E-state index contributed by atoms with van der Waals surface area (Å²) in [6, 6.07) is 14.8. The van der Waals surface area contributed by atoms with Gasteiger partial charge in [0, 0.05) is 7.05 Å². The number of rotatable bonds is 5. The summed E-state index contributed by atoms with van der Waals surface area (Å²) in [5.41, 5.74) is 6.50. The van der Waals surface area contributed by atoms with Crippen LogP contribution in [-0.4, -0.2) is 35.2 Å². The Bertz CT molecular complexity index is 723. The van der Waals surface area contributed by atoms with Crippen LogP contribution < -0.4 is 16.4 Å². The highest BCUT2D eigenvalue weighted by molar-refractivity contribution is 5.83. The molecule has 0 heterocycles. The van der Waals surface area contributed by atoms with E-state index in [1.807, 2.05) is 6.07 Å². The SMILES string of the molecule is C.CNC(=O)N[C@@H](C(=O)O)c1ccccc1.N[C@@H](C(=O)O)c1ccccc1. The van der Waals surface area contributed by atoms with Gasteiger partial charge in [-0.05, 0) is 11.1 Å². The largest absolute Gasteiger partial charge is 0.480 e. The van der Waals surface area contributed by atoms with Gasteiger partial charge in [-0.25, -0.2) is 9.59 Å². The number of urea groups is 1. The Morgan fingerprint density at radius 3 is 1.67 bits per heavy atom. The van der Waals surface area contributed by atoms with Gasteiger partial charge in [0.25, 0.3) is 0 Å². The summed E-state index contributed by atoms with van der Waals surface area (Å²) in [7, 11) is 1.43. The van der Waals surface area contributed by atoms with E-state index in [9.17, 15) is 14.4 Å². The second-order valence-corrected chi connectivity index (χ2v) is 5.13. The number of nitrogens with two attached hydrogens (primary N) is 1. The number of benzene rings is 2. The molecule has 0 aliphatic rings. The number of carboxylic acid groups (broad SMARTS) is 2. The van der Waals surface area contributed by atoms with Crippen LogP contribution in [0.4, 0.5) is 4.79 Å². The average Bonchev–Trinajstić information content (AvgIpc) is 2.66. The van der Waals surface area contributed by atoms with Crippen LogP contribution in [0.25, 0.3) is 0 Å². The Balaban J connectivity index is 0.000000504. The van der Waals surface area contributed by atoms with E-state index in [4.69, 9.17) is 15.9 Å². The molecular weight excluding hydrogens is 350 g/mol. The molecule has 0 aromatic heterocycles. The van der Waals surface area contributed by atoms with Gasteiger partial charge in [-0.2, -0.15) is 0 Å². The molecule has 0 fully saturated rings. The third-order valence-electron chi connectivity index (χ3n) is 3.31. The van der Waals surface area contributed by atoms with Gasteiger partial charge in [-0.15, -0.1) is 0 Å². The number of carboxylic acids is 2. The lowest BCUT2D eigenvalue weighted by atomic mass is 10.1. The van der Waals surface area contributed by atoms with E-state index in [0.717, 1.165) is 0 Å². The van der Waals surface area contributed by atoms with Crippen LogP contribution >= 0.6 is 0 Å². The number of amides is 2. The van der Waals surface area contributed by atoms with Crippen molar-refractivity contribution in [2.24, 2.45) is 5.73 Å². The van der Waals surface area contributed by atoms with Crippen molar-refractivity contribution in [3.8, 4) is 0 Å². The molecule has 6 N–H and O–H groups in total. The normalized spacial score (nSPS) is 11.5. The maximum absolute atomic E-state index is 11.0. The van der Waals surface area contributed by atoms with Crippen molar-refractivity contribution < 1.29 is 24.6 Å². The molecule has 0 aliphatic carbocycles. The number of hydrogen-bond donors (Lipinski definition) is 5. The van der Waals surface area contributed by atoms with Crippen molar-refractivity contribution in [3.63, 3.8) is 0 Å². The van der Waals surface area contributed by atoms with Crippen LogP contribution in [0.2, 0.25) is 0 Å². The van der Waals surface area contributed by atoms with Crippen molar-refractivity contribution in [2.75, 3.05) is 7.05 Å². The summed E-state index contributed by atoms with van der Waals surface area (Å²) in [5.74, 6) is -2.10. The molecule has 0 unspecified atom stereocenters. The van der Waals surface area contributed by atoms with Crippen molar-refractivity contribution in [1.29, 1.82) is 0 Å². The lowest BCUT2D eigenvalue weighted by Gasteiger charge is -2.14. The molecule has 0 radical (unpaired) electrons. The smallest absolute Gasteiger partial charge is 0.330 e. The predicted octanol–water partition coefficient (Wildman–Crippen LogP) is 2.15. The second kappa shape index (κ2) is 12.0. The van der Waals surface area contributed by atoms with Crippen LogP contribution in [0.15, 0.2) is 60.7 Å². The zero-order chi connectivity index (χ0) is 19.5. The van der Waals surface area contributed by atoms with Crippen molar-refractivity contribution in [2.45, 2.75) is 19.5 Å². The first-order valence-corrected chi connectivity index (χ1v) is 7.66. The van der Waals surface area contributed by atoms with Gasteiger partial charge in [0.1, 0.15) is 6.04 Å². The zero-order valence-electron chi connectivity index (χ0n) is 14.1. The molecule has 2 aromatic carbocycles. The van der Waals surface area contributed by atoms with E-state index >= 15 is 0 Å². The molecule has 2 rings (SSSR count). The number of nitrogens with one attached hydrogen (secondary N) is 2. The first-order chi connectivity index (χ1) is 12.4. The Morgan fingerprint density at radius 2 is 1.30 bits per heavy atom. The van der Waals surface area contributed by atoms with Crippen molar-refractivity contribution in [1.82, 2.24) is 10.6 Å². The highest BCUT2D eigenvalue weighted by Crippen LogP contribution is 2.12. The fourth-order valence-corrected chi connectivity index (χ4v) is 1.94. The summed E-state index contributed by atoms with van der Waals surface area (Å²) < 4.78 is 0. The standard InChI is InChI=1S/C10H12N2O3.C8H9NO2.CH4/c1-11-10(15)12-8(9(13)14)7-5-3-2-4-6-7;9-7(8(10)11)6-4-2-1-3-5-6;/h2-6,8H,1H3,(H,13,14)(H2,11,12,15);1-5,7H,9H2,(H,10,11);1H4/t8-;7-;/m11./s1. The van der Waals surface area contributed by atoms with Crippen LogP contribution in [0.1, 0.15) is 30.6 Å². The second-order valence-electron chi connectivity index (χ2n) is 5.13. The molecule has 146 valence electrons. The molecule has 0 bridgehead atoms. The maximum atomic E-state index is 11.0. The summed E-state index contributed by atoms with van der Waals surface area (Å²) >= 11 is 0. The molecule has 2 atom stereocenters. The van der Waals surface area contributed by atoms with E-state index in [0.29, 0.717) is 11.1 Å². The lowest BCUT2D eigenvalue weighted by molar-refractivity contribution is -0.140. The van der Waals surface area contributed by atoms with Gasteiger partial charge in [-0.3, -0.25) is 4.79 Å². The molecule has 27 heavy (non-hydrogen) atoms. The topological polar surface area (TPSA) is 142 Å². The van der Waals surface area contributed by atoms with E-state index < -0.39 is 30.1 Å². The van der Waals surface area contributed by atoms with Gasteiger partial charge in [0.05, 0.1) is 0 Å². The summed E-state index contributed by atoms with van der Waals surface area (Å²) in [4.78, 5) is 32.3. The third kappa shape index (κ3) is 8.02. The van der Waals surface area contributed by atoms with E-state index in [-0.39, 0.29) is 7.43 Å². The molecule has 8 nitrogen and oxygen atoms in total. The van der Waals surface area contributed by atoms with Gasteiger partial charge in [0.15, 0.2) is 6.04 Å². The predicted molar refractivity (Wildman–Crippen MR) is 102 cm³/mol. The number of carbonyl (C=O) groups excluding carboxylic acids is 1. The zero-order valence-corrected chi connectivity index (χ0v) is 14.1. The highest BCUT2D eigenvalue weighted by atomic mass is 16.4. The monoisotopic (exact) mass is 375 g/mol. The summed E-state index contributed by atoms with van der Waals surface area (Å²) in [5, 5.41) is 22.1. The first kappa shape index (κ1) is 23.6. The Labute approximate surface area is 158 Å². The van der Waals surface area contributed by atoms with E-state index in [2.05, 4.69) is 10.6 Å². The third-order valence-corrected chi connectivity index (χ3v) is 3.31. The van der Waals surface area contributed by atoms with Gasteiger partial charge in [-0.1, -0.05) is 68.1 Å². The molecule has 0 aliphatic heterocycles. The minimum atomic E-state index is -1.09. The number of hydrogen-bond acceptors (Lipinski definition) is 4. The Hall–Kier alpha value is -3.39. The molecule has 8 heteroatoms. The fourth-order valence-electron chi connectivity index (χ4n) is 1.94. The van der Waals surface area contributed by atoms with E-state index in [1.165, 1.54) is 7.05 Å². The molecule has 0 saturated carbocycles. The van der Waals surface area contributed by atoms with Gasteiger partial charge < -0.3 is 26.6 Å². The van der Waals surface area contributed by atoms with E-state index in [1.54, 1.807) is 54.6 Å². The molecular formula is C19H25N3O5. The average molecular weight is 375 g/mol. The van der Waals surface area contributed by atoms with Crippen LogP contribution in [0, 0.1) is 0 Å². The molecule has 2 amide bonds. The van der Waals surface area contributed by atoms with Gasteiger partial charge in [0.2, 0.25) is 0 Å². The molecule has 2 aromatic rings. The number of carbonyl (C=O) groups is 3. The van der Waals surface area contributed by atoms with Crippen molar-refractivity contribution >= 4 is 18.0 Å². The van der Waals surface area contributed by atoms with Gasteiger partial charge >= 0.3 is 18.0 Å². The summed E-state index contributed by atoms with van der Waals surface area (Å²) in [6.07, 6.45) is 0. The number of aliphatic carboxylic acids is 2. The molecule has 0 spiro atoms. The fraction of sp³-hybridized carbons (Fsp3) is 0.211. The minimum Gasteiger partial charge on any atom is -0.480 e.